The summed E-state index contributed by atoms with van der Waals surface area (Å²) in [5.74, 6) is -0.796. The van der Waals surface area contributed by atoms with Crippen molar-refractivity contribution in [3.8, 4) is 6.07 Å². The van der Waals surface area contributed by atoms with Crippen LogP contribution in [-0.2, 0) is 4.79 Å². The molecule has 4 heteroatoms. The van der Waals surface area contributed by atoms with E-state index in [9.17, 15) is 9.90 Å². The molecule has 0 spiro atoms. The molecule has 1 rings (SSSR count). The summed E-state index contributed by atoms with van der Waals surface area (Å²) in [6.45, 7) is 1.96. The monoisotopic (exact) mass is 238 g/mol. The van der Waals surface area contributed by atoms with Crippen LogP contribution in [0.1, 0.15) is 51.9 Å². The summed E-state index contributed by atoms with van der Waals surface area (Å²) in [6, 6.07) is 1.86. The second-order valence-electron chi connectivity index (χ2n) is 4.79. The number of hydrogen-bond donors (Lipinski definition) is 2. The smallest absolute Gasteiger partial charge is 0.237 e. The van der Waals surface area contributed by atoms with E-state index in [1.54, 1.807) is 0 Å². The Balaban J connectivity index is 2.50. The highest BCUT2D eigenvalue weighted by molar-refractivity contribution is 5.81. The zero-order valence-corrected chi connectivity index (χ0v) is 10.5. The summed E-state index contributed by atoms with van der Waals surface area (Å²) in [5.41, 5.74) is 0. The molecule has 96 valence electrons. The van der Waals surface area contributed by atoms with Gasteiger partial charge >= 0.3 is 0 Å². The van der Waals surface area contributed by atoms with Crippen molar-refractivity contribution in [3.63, 3.8) is 0 Å². The average molecular weight is 238 g/mol. The van der Waals surface area contributed by atoms with Crippen LogP contribution >= 0.6 is 0 Å². The van der Waals surface area contributed by atoms with Gasteiger partial charge in [-0.2, -0.15) is 5.26 Å². The first kappa shape index (κ1) is 14.0. The second kappa shape index (κ2) is 7.29. The summed E-state index contributed by atoms with van der Waals surface area (Å²) in [5, 5.41) is 21.6. The van der Waals surface area contributed by atoms with Crippen LogP contribution in [0.3, 0.4) is 0 Å². The van der Waals surface area contributed by atoms with Gasteiger partial charge in [-0.3, -0.25) is 4.79 Å². The van der Waals surface area contributed by atoms with Crippen LogP contribution in [0, 0.1) is 17.2 Å². The van der Waals surface area contributed by atoms with Crippen LogP contribution in [0.5, 0.6) is 0 Å². The fourth-order valence-corrected chi connectivity index (χ4v) is 2.28. The lowest BCUT2D eigenvalue weighted by atomic mass is 10.0. The molecule has 0 aromatic heterocycles. The van der Waals surface area contributed by atoms with Crippen LogP contribution in [0.4, 0.5) is 0 Å². The molecule has 1 aliphatic carbocycles. The first-order chi connectivity index (χ1) is 8.19. The number of aliphatic hydroxyl groups is 1. The number of hydrogen-bond acceptors (Lipinski definition) is 3. The Morgan fingerprint density at radius 1 is 1.47 bits per heavy atom. The van der Waals surface area contributed by atoms with E-state index in [4.69, 9.17) is 5.26 Å². The van der Waals surface area contributed by atoms with E-state index in [2.05, 4.69) is 5.32 Å². The Morgan fingerprint density at radius 2 is 2.18 bits per heavy atom. The number of carbonyl (C=O) groups excluding carboxylic acids is 1. The van der Waals surface area contributed by atoms with E-state index in [0.29, 0.717) is 6.42 Å². The highest BCUT2D eigenvalue weighted by Gasteiger charge is 2.26. The molecule has 0 aromatic rings. The number of amides is 1. The summed E-state index contributed by atoms with van der Waals surface area (Å²) in [7, 11) is 0. The summed E-state index contributed by atoms with van der Waals surface area (Å²) in [4.78, 5) is 11.8. The Hall–Kier alpha value is -1.08. The van der Waals surface area contributed by atoms with Crippen molar-refractivity contribution in [2.45, 2.75) is 64.0 Å². The number of rotatable bonds is 4. The standard InChI is InChI=1S/C13H22N2O2/c1-2-6-10(9-14)13(17)15-11-7-4-3-5-8-12(11)16/h10-12,16H,2-8H2,1H3,(H,15,17). The predicted molar refractivity (Wildman–Crippen MR) is 65.0 cm³/mol. The number of nitriles is 1. The lowest BCUT2D eigenvalue weighted by Crippen LogP contribution is -2.45. The van der Waals surface area contributed by atoms with Gasteiger partial charge in [-0.1, -0.05) is 32.6 Å². The van der Waals surface area contributed by atoms with E-state index in [1.807, 2.05) is 13.0 Å². The molecule has 17 heavy (non-hydrogen) atoms. The Labute approximate surface area is 103 Å². The molecular weight excluding hydrogens is 216 g/mol. The lowest BCUT2D eigenvalue weighted by molar-refractivity contribution is -0.125. The van der Waals surface area contributed by atoms with Gasteiger partial charge in [0.25, 0.3) is 0 Å². The van der Waals surface area contributed by atoms with Gasteiger partial charge in [0.2, 0.25) is 5.91 Å². The highest BCUT2D eigenvalue weighted by atomic mass is 16.3. The third-order valence-electron chi connectivity index (χ3n) is 3.36. The maximum atomic E-state index is 11.8. The predicted octanol–water partition coefficient (Wildman–Crippen LogP) is 1.74. The number of nitrogens with zero attached hydrogens (tertiary/aromatic N) is 1. The van der Waals surface area contributed by atoms with Crippen molar-refractivity contribution >= 4 is 5.91 Å². The van der Waals surface area contributed by atoms with Gasteiger partial charge in [0.15, 0.2) is 0 Å². The quantitative estimate of drug-likeness (QED) is 0.733. The molecule has 1 aliphatic rings. The van der Waals surface area contributed by atoms with Gasteiger partial charge < -0.3 is 10.4 Å². The van der Waals surface area contributed by atoms with Gasteiger partial charge in [-0.15, -0.1) is 0 Å². The molecule has 0 bridgehead atoms. The van der Waals surface area contributed by atoms with E-state index < -0.39 is 12.0 Å². The maximum Gasteiger partial charge on any atom is 0.237 e. The van der Waals surface area contributed by atoms with E-state index in [0.717, 1.165) is 38.5 Å². The molecular formula is C13H22N2O2. The molecule has 1 saturated carbocycles. The van der Waals surface area contributed by atoms with E-state index >= 15 is 0 Å². The Kier molecular flexibility index (Phi) is 5.99. The van der Waals surface area contributed by atoms with Crippen molar-refractivity contribution in [3.05, 3.63) is 0 Å². The molecule has 3 unspecified atom stereocenters. The largest absolute Gasteiger partial charge is 0.391 e. The molecule has 4 nitrogen and oxygen atoms in total. The molecule has 0 heterocycles. The van der Waals surface area contributed by atoms with Gasteiger partial charge in [0.05, 0.1) is 18.2 Å². The van der Waals surface area contributed by atoms with Gasteiger partial charge in [0.1, 0.15) is 5.92 Å². The maximum absolute atomic E-state index is 11.8. The molecule has 1 fully saturated rings. The van der Waals surface area contributed by atoms with Gasteiger partial charge in [-0.05, 0) is 19.3 Å². The SMILES string of the molecule is CCCC(C#N)C(=O)NC1CCCCCC1O. The fraction of sp³-hybridized carbons (Fsp3) is 0.846. The highest BCUT2D eigenvalue weighted by Crippen LogP contribution is 2.18. The number of aliphatic hydroxyl groups excluding tert-OH is 1. The van der Waals surface area contributed by atoms with Crippen molar-refractivity contribution in [2.75, 3.05) is 0 Å². The molecule has 0 aromatic carbocycles. The summed E-state index contributed by atoms with van der Waals surface area (Å²) >= 11 is 0. The molecule has 2 N–H and O–H groups in total. The number of carbonyl (C=O) groups is 1. The molecule has 1 amide bonds. The van der Waals surface area contributed by atoms with Gasteiger partial charge in [-0.25, -0.2) is 0 Å². The van der Waals surface area contributed by atoms with Crippen LogP contribution in [0.2, 0.25) is 0 Å². The first-order valence-corrected chi connectivity index (χ1v) is 6.57. The summed E-state index contributed by atoms with van der Waals surface area (Å²) in [6.07, 6.45) is 5.68. The molecule has 0 aliphatic heterocycles. The minimum atomic E-state index is -0.574. The topological polar surface area (TPSA) is 73.1 Å². The van der Waals surface area contributed by atoms with E-state index in [1.165, 1.54) is 0 Å². The molecule has 3 atom stereocenters. The second-order valence-corrected chi connectivity index (χ2v) is 4.79. The lowest BCUT2D eigenvalue weighted by Gasteiger charge is -2.22. The number of nitrogens with one attached hydrogen (secondary N) is 1. The van der Waals surface area contributed by atoms with Crippen LogP contribution in [0.25, 0.3) is 0 Å². The van der Waals surface area contributed by atoms with Crippen LogP contribution in [0.15, 0.2) is 0 Å². The van der Waals surface area contributed by atoms with E-state index in [-0.39, 0.29) is 11.9 Å². The molecule has 0 radical (unpaired) electrons. The Bertz CT molecular complexity index is 286. The van der Waals surface area contributed by atoms with Crippen molar-refractivity contribution in [1.82, 2.24) is 5.32 Å². The zero-order valence-electron chi connectivity index (χ0n) is 10.5. The fourth-order valence-electron chi connectivity index (χ4n) is 2.28. The summed E-state index contributed by atoms with van der Waals surface area (Å²) < 4.78 is 0. The van der Waals surface area contributed by atoms with Crippen LogP contribution in [-0.4, -0.2) is 23.2 Å². The average Bonchev–Trinajstić information content (AvgIpc) is 2.52. The minimum Gasteiger partial charge on any atom is -0.391 e. The Morgan fingerprint density at radius 3 is 2.82 bits per heavy atom. The van der Waals surface area contributed by atoms with Crippen LogP contribution < -0.4 is 5.32 Å². The van der Waals surface area contributed by atoms with Crippen molar-refractivity contribution in [2.24, 2.45) is 5.92 Å². The van der Waals surface area contributed by atoms with Crippen molar-refractivity contribution in [1.29, 1.82) is 5.26 Å². The van der Waals surface area contributed by atoms with Gasteiger partial charge in [0, 0.05) is 0 Å². The normalized spacial score (nSPS) is 26.6. The minimum absolute atomic E-state index is 0.169. The first-order valence-electron chi connectivity index (χ1n) is 6.57. The third kappa shape index (κ3) is 4.35. The van der Waals surface area contributed by atoms with Crippen molar-refractivity contribution < 1.29 is 9.90 Å². The zero-order chi connectivity index (χ0) is 12.7. The third-order valence-corrected chi connectivity index (χ3v) is 3.36. The molecule has 0 saturated heterocycles.